The van der Waals surface area contributed by atoms with Gasteiger partial charge in [-0.05, 0) is 40.7 Å². The van der Waals surface area contributed by atoms with Crippen LogP contribution in [-0.2, 0) is 4.74 Å². The number of carbonyl (C=O) groups excluding carboxylic acids is 1. The minimum atomic E-state index is -0.406. The number of nitrogens with one attached hydrogen (secondary N) is 1. The predicted octanol–water partition coefficient (Wildman–Crippen LogP) is 1.61. The molecule has 0 radical (unpaired) electrons. The highest BCUT2D eigenvalue weighted by Gasteiger charge is 2.26. The summed E-state index contributed by atoms with van der Waals surface area (Å²) in [6.45, 7) is 10.3. The third-order valence-electron chi connectivity index (χ3n) is 2.43. The highest BCUT2D eigenvalue weighted by atomic mass is 16.6. The van der Waals surface area contributed by atoms with Crippen LogP contribution >= 0.6 is 0 Å². The summed E-state index contributed by atoms with van der Waals surface area (Å²) in [4.78, 5) is 13.7. The van der Waals surface area contributed by atoms with Gasteiger partial charge in [0.2, 0.25) is 0 Å². The van der Waals surface area contributed by atoms with Gasteiger partial charge in [-0.3, -0.25) is 0 Å². The lowest BCUT2D eigenvalue weighted by Gasteiger charge is -2.30. The molecule has 1 saturated heterocycles. The van der Waals surface area contributed by atoms with E-state index in [2.05, 4.69) is 12.2 Å². The quantitative estimate of drug-likeness (QED) is 0.666. The second-order valence-corrected chi connectivity index (χ2v) is 5.06. The molecule has 4 heteroatoms. The molecule has 1 N–H and O–H groups in total. The second-order valence-electron chi connectivity index (χ2n) is 5.06. The molecule has 15 heavy (non-hydrogen) atoms. The van der Waals surface area contributed by atoms with Crippen LogP contribution in [-0.4, -0.2) is 42.3 Å². The molecule has 0 aromatic carbocycles. The van der Waals surface area contributed by atoms with E-state index < -0.39 is 5.60 Å². The maximum absolute atomic E-state index is 11.9. The molecule has 0 aromatic rings. The summed E-state index contributed by atoms with van der Waals surface area (Å²) in [6.07, 6.45) is 0.790. The molecule has 1 heterocycles. The molecule has 1 aliphatic heterocycles. The number of hydrogen-bond donors (Lipinski definition) is 1. The van der Waals surface area contributed by atoms with Crippen LogP contribution in [0.25, 0.3) is 0 Å². The normalized spacial score (nSPS) is 23.5. The molecule has 0 aromatic heterocycles. The zero-order chi connectivity index (χ0) is 11.5. The molecule has 1 atom stereocenters. The fourth-order valence-electron chi connectivity index (χ4n) is 1.60. The van der Waals surface area contributed by atoms with Gasteiger partial charge in [0.15, 0.2) is 0 Å². The minimum absolute atomic E-state index is 0.196. The molecular weight excluding hydrogens is 192 g/mol. The smallest absolute Gasteiger partial charge is 0.410 e. The summed E-state index contributed by atoms with van der Waals surface area (Å²) < 4.78 is 5.36. The monoisotopic (exact) mass is 214 g/mol. The predicted molar refractivity (Wildman–Crippen MR) is 59.9 cm³/mol. The molecule has 0 aliphatic carbocycles. The van der Waals surface area contributed by atoms with Crippen molar-refractivity contribution in [3.8, 4) is 0 Å². The van der Waals surface area contributed by atoms with Gasteiger partial charge in [0.05, 0.1) is 0 Å². The first kappa shape index (κ1) is 12.3. The maximum Gasteiger partial charge on any atom is 0.410 e. The Morgan fingerprint density at radius 1 is 1.40 bits per heavy atom. The van der Waals surface area contributed by atoms with Crippen molar-refractivity contribution in [3.05, 3.63) is 0 Å². The lowest BCUT2D eigenvalue weighted by molar-refractivity contribution is 0.0190. The average Bonchev–Trinajstić information content (AvgIpc) is 2.26. The third-order valence-corrected chi connectivity index (χ3v) is 2.43. The Morgan fingerprint density at radius 2 is 2.07 bits per heavy atom. The molecule has 1 amide bonds. The molecule has 4 nitrogen and oxygen atoms in total. The summed E-state index contributed by atoms with van der Waals surface area (Å²) in [5, 5.41) is 3.28. The first-order valence-corrected chi connectivity index (χ1v) is 5.60. The van der Waals surface area contributed by atoms with Crippen molar-refractivity contribution >= 4 is 6.09 Å². The van der Waals surface area contributed by atoms with Crippen LogP contribution in [0.5, 0.6) is 0 Å². The molecule has 0 spiro atoms. The van der Waals surface area contributed by atoms with Crippen LogP contribution in [0.15, 0.2) is 0 Å². The van der Waals surface area contributed by atoms with Gasteiger partial charge in [-0.1, -0.05) is 0 Å². The van der Waals surface area contributed by atoms with Crippen molar-refractivity contribution in [1.82, 2.24) is 10.2 Å². The number of hydrogen-bond acceptors (Lipinski definition) is 3. The van der Waals surface area contributed by atoms with Gasteiger partial charge in [-0.15, -0.1) is 0 Å². The number of amides is 1. The Labute approximate surface area is 92.0 Å². The Kier molecular flexibility index (Phi) is 3.97. The van der Waals surface area contributed by atoms with Gasteiger partial charge in [0.25, 0.3) is 0 Å². The molecule has 0 unspecified atom stereocenters. The summed E-state index contributed by atoms with van der Waals surface area (Å²) >= 11 is 0. The van der Waals surface area contributed by atoms with Crippen molar-refractivity contribution in [1.29, 1.82) is 0 Å². The van der Waals surface area contributed by atoms with Crippen molar-refractivity contribution in [2.45, 2.75) is 45.8 Å². The topological polar surface area (TPSA) is 41.6 Å². The first-order valence-electron chi connectivity index (χ1n) is 5.60. The van der Waals surface area contributed by atoms with E-state index in [-0.39, 0.29) is 12.1 Å². The van der Waals surface area contributed by atoms with Crippen LogP contribution < -0.4 is 5.32 Å². The molecule has 1 aliphatic rings. The Morgan fingerprint density at radius 3 is 2.67 bits per heavy atom. The lowest BCUT2D eigenvalue weighted by atomic mass is 10.2. The van der Waals surface area contributed by atoms with E-state index in [0.29, 0.717) is 0 Å². The highest BCUT2D eigenvalue weighted by Crippen LogP contribution is 2.13. The second kappa shape index (κ2) is 4.84. The first-order chi connectivity index (χ1) is 6.90. The van der Waals surface area contributed by atoms with Crippen LogP contribution in [0.2, 0.25) is 0 Å². The fraction of sp³-hybridized carbons (Fsp3) is 0.909. The van der Waals surface area contributed by atoms with Crippen LogP contribution in [0.3, 0.4) is 0 Å². The number of rotatable bonds is 0. The Hall–Kier alpha value is -0.770. The standard InChI is InChI=1S/C11H22N2O2/c1-9-5-6-12-7-8-13(9)10(14)15-11(2,3)4/h9,12H,5-8H2,1-4H3/t9-/m1/s1. The third kappa shape index (κ3) is 4.08. The molecule has 1 rings (SSSR count). The number of carbonyl (C=O) groups is 1. The van der Waals surface area contributed by atoms with Crippen LogP contribution in [0.4, 0.5) is 4.79 Å². The van der Waals surface area contributed by atoms with Gasteiger partial charge >= 0.3 is 6.09 Å². The van der Waals surface area contributed by atoms with Gasteiger partial charge in [0.1, 0.15) is 5.60 Å². The molecule has 88 valence electrons. The highest BCUT2D eigenvalue weighted by molar-refractivity contribution is 5.68. The van der Waals surface area contributed by atoms with E-state index in [1.165, 1.54) is 0 Å². The molecule has 0 bridgehead atoms. The zero-order valence-electron chi connectivity index (χ0n) is 10.2. The molecular formula is C11H22N2O2. The lowest BCUT2D eigenvalue weighted by Crippen LogP contribution is -2.42. The summed E-state index contributed by atoms with van der Waals surface area (Å²) in [5.74, 6) is 0. The van der Waals surface area contributed by atoms with Crippen molar-refractivity contribution in [2.75, 3.05) is 19.6 Å². The van der Waals surface area contributed by atoms with Gasteiger partial charge < -0.3 is 15.0 Å². The average molecular weight is 214 g/mol. The Bertz CT molecular complexity index is 223. The van der Waals surface area contributed by atoms with Crippen LogP contribution in [0, 0.1) is 0 Å². The van der Waals surface area contributed by atoms with Gasteiger partial charge in [0, 0.05) is 19.1 Å². The Balaban J connectivity index is 2.56. The van der Waals surface area contributed by atoms with E-state index in [9.17, 15) is 4.79 Å². The SMILES string of the molecule is C[C@@H]1CCNCCN1C(=O)OC(C)(C)C. The zero-order valence-corrected chi connectivity index (χ0v) is 10.2. The van der Waals surface area contributed by atoms with E-state index in [0.717, 1.165) is 26.1 Å². The summed E-state index contributed by atoms with van der Waals surface area (Å²) in [7, 11) is 0. The molecule has 1 fully saturated rings. The minimum Gasteiger partial charge on any atom is -0.444 e. The summed E-state index contributed by atoms with van der Waals surface area (Å²) in [5.41, 5.74) is -0.406. The van der Waals surface area contributed by atoms with Gasteiger partial charge in [-0.2, -0.15) is 0 Å². The summed E-state index contributed by atoms with van der Waals surface area (Å²) in [6, 6.07) is 0.259. The number of nitrogens with zero attached hydrogens (tertiary/aromatic N) is 1. The van der Waals surface area contributed by atoms with E-state index in [1.54, 1.807) is 0 Å². The van der Waals surface area contributed by atoms with Crippen molar-refractivity contribution in [3.63, 3.8) is 0 Å². The molecule has 0 saturated carbocycles. The van der Waals surface area contributed by atoms with E-state index >= 15 is 0 Å². The van der Waals surface area contributed by atoms with Crippen molar-refractivity contribution < 1.29 is 9.53 Å². The largest absolute Gasteiger partial charge is 0.444 e. The van der Waals surface area contributed by atoms with E-state index in [4.69, 9.17) is 4.74 Å². The fourth-order valence-corrected chi connectivity index (χ4v) is 1.60. The van der Waals surface area contributed by atoms with Crippen LogP contribution in [0.1, 0.15) is 34.1 Å². The van der Waals surface area contributed by atoms with E-state index in [1.807, 2.05) is 25.7 Å². The number of ether oxygens (including phenoxy) is 1. The van der Waals surface area contributed by atoms with Gasteiger partial charge in [-0.25, -0.2) is 4.79 Å². The maximum atomic E-state index is 11.9. The van der Waals surface area contributed by atoms with Crippen molar-refractivity contribution in [2.24, 2.45) is 0 Å².